The predicted molar refractivity (Wildman–Crippen MR) is 159 cm³/mol. The Morgan fingerprint density at radius 1 is 0.479 bits per heavy atom. The van der Waals surface area contributed by atoms with E-state index in [1.807, 2.05) is 6.92 Å². The van der Waals surface area contributed by atoms with Gasteiger partial charge in [-0.15, -0.1) is 0 Å². The van der Waals surface area contributed by atoms with Crippen molar-refractivity contribution in [2.75, 3.05) is 39.6 Å². The lowest BCUT2D eigenvalue weighted by Gasteiger charge is -2.49. The average Bonchev–Trinajstić information content (AvgIpc) is 2.98. The molecule has 48 heavy (non-hydrogen) atoms. The lowest BCUT2D eigenvalue weighted by Crippen LogP contribution is -2.67. The van der Waals surface area contributed by atoms with Crippen LogP contribution in [0.4, 0.5) is 0 Å². The van der Waals surface area contributed by atoms with E-state index in [-0.39, 0.29) is 19.8 Å². The van der Waals surface area contributed by atoms with Crippen LogP contribution in [0, 0.1) is 0 Å². The lowest BCUT2D eigenvalue weighted by atomic mass is 9.84. The van der Waals surface area contributed by atoms with Gasteiger partial charge in [0.25, 0.3) is 0 Å². The first-order valence-corrected chi connectivity index (χ1v) is 19.3. The fourth-order valence-corrected chi connectivity index (χ4v) is 6.75. The molecule has 0 aromatic carbocycles. The van der Waals surface area contributed by atoms with Crippen molar-refractivity contribution in [3.05, 3.63) is 0 Å². The largest absolute Gasteiger partial charge is 0.480 e. The number of carboxylic acids is 3. The van der Waals surface area contributed by atoms with E-state index in [1.165, 1.54) is 0 Å². The van der Waals surface area contributed by atoms with Gasteiger partial charge in [0, 0.05) is 19.8 Å². The summed E-state index contributed by atoms with van der Waals surface area (Å²) in [6, 6.07) is 0. The standard InChI is InChI=1S/C24H45O21P3/c1-4-7-10-37-19-20(38-11-8-5-2)22(43-46(31,32)40-13-16(25)26)24(45-48(35,36)42-15-18(29)30)23(21(19)39-12-9-6-3)44-47(33,34)41-14-17(27)28/h19-24H,4-15H2,1-3H3,(H,25,26)(H,27,28)(H,29,30)(H,31,32)(H,33,34)(H,35,36)/t19-,20-,21+,22-,23-,24-/m0/s1. The molecule has 1 aliphatic carbocycles. The Labute approximate surface area is 276 Å². The summed E-state index contributed by atoms with van der Waals surface area (Å²) in [7, 11) is -16.5. The monoisotopic (exact) mass is 762 g/mol. The SMILES string of the molecule is CCCCO[C@@H]1[C@@H](OCCCC)[C@H](OP(=O)(O)OCC(=O)O)[C@@H](OP(=O)(O)OCC(=O)O)[C@@H](OP(=O)(O)OCC(=O)O)[C@H]1OCCCC. The molecule has 0 bridgehead atoms. The quantitative estimate of drug-likeness (QED) is 0.0516. The molecule has 0 radical (unpaired) electrons. The zero-order chi connectivity index (χ0) is 36.5. The Balaban J connectivity index is 3.99. The predicted octanol–water partition coefficient (Wildman–Crippen LogP) is 2.32. The molecule has 9 atom stereocenters. The lowest BCUT2D eigenvalue weighted by molar-refractivity contribution is -0.249. The van der Waals surface area contributed by atoms with Crippen LogP contribution in [0.3, 0.4) is 0 Å². The molecule has 0 aromatic heterocycles. The summed E-state index contributed by atoms with van der Waals surface area (Å²) >= 11 is 0. The number of phosphoric ester groups is 3. The molecule has 1 aliphatic rings. The van der Waals surface area contributed by atoms with E-state index in [0.717, 1.165) is 0 Å². The van der Waals surface area contributed by atoms with Gasteiger partial charge in [0.2, 0.25) is 0 Å². The van der Waals surface area contributed by atoms with E-state index in [9.17, 15) is 42.8 Å². The number of carbonyl (C=O) groups is 3. The Morgan fingerprint density at radius 2 is 0.708 bits per heavy atom. The first-order valence-electron chi connectivity index (χ1n) is 14.9. The van der Waals surface area contributed by atoms with Crippen LogP contribution < -0.4 is 0 Å². The molecule has 3 unspecified atom stereocenters. The molecule has 6 N–H and O–H groups in total. The van der Waals surface area contributed by atoms with Gasteiger partial charge in [-0.25, -0.2) is 28.1 Å². The van der Waals surface area contributed by atoms with Crippen molar-refractivity contribution in [3.63, 3.8) is 0 Å². The second-order valence-corrected chi connectivity index (χ2v) is 14.4. The van der Waals surface area contributed by atoms with E-state index in [0.29, 0.717) is 38.5 Å². The fourth-order valence-electron chi connectivity index (χ4n) is 4.10. The van der Waals surface area contributed by atoms with Crippen molar-refractivity contribution in [2.45, 2.75) is 95.9 Å². The van der Waals surface area contributed by atoms with Crippen LogP contribution in [0.15, 0.2) is 0 Å². The smallest absolute Gasteiger partial charge is 0.473 e. The highest BCUT2D eigenvalue weighted by molar-refractivity contribution is 7.48. The number of hydrogen-bond acceptors (Lipinski definition) is 15. The van der Waals surface area contributed by atoms with E-state index in [2.05, 4.69) is 13.6 Å². The normalized spacial score (nSPS) is 26.6. The fraction of sp³-hybridized carbons (Fsp3) is 0.875. The summed E-state index contributed by atoms with van der Waals surface area (Å²) in [5, 5.41) is 26.9. The average molecular weight is 763 g/mol. The Hall–Kier alpha value is -1.38. The third kappa shape index (κ3) is 17.0. The van der Waals surface area contributed by atoms with E-state index in [4.69, 9.17) is 43.1 Å². The molecule has 0 spiro atoms. The summed E-state index contributed by atoms with van der Waals surface area (Å²) in [4.78, 5) is 64.7. The van der Waals surface area contributed by atoms with Gasteiger partial charge >= 0.3 is 41.4 Å². The minimum absolute atomic E-state index is 0.0216. The molecule has 282 valence electrons. The van der Waals surface area contributed by atoms with E-state index >= 15 is 0 Å². The number of hydrogen-bond donors (Lipinski definition) is 6. The second kappa shape index (κ2) is 21.8. The van der Waals surface area contributed by atoms with Gasteiger partial charge in [-0.05, 0) is 19.3 Å². The number of rotatable bonds is 27. The van der Waals surface area contributed by atoms with Crippen LogP contribution in [0.2, 0.25) is 0 Å². The zero-order valence-electron chi connectivity index (χ0n) is 26.6. The summed E-state index contributed by atoms with van der Waals surface area (Å²) in [5.41, 5.74) is 0. The number of aliphatic carboxylic acids is 3. The molecule has 1 fully saturated rings. The molecule has 21 nitrogen and oxygen atoms in total. The van der Waals surface area contributed by atoms with Crippen molar-refractivity contribution in [1.29, 1.82) is 0 Å². The third-order valence-electron chi connectivity index (χ3n) is 6.19. The maximum Gasteiger partial charge on any atom is 0.473 e. The number of carboxylic acid groups (broad SMARTS) is 3. The van der Waals surface area contributed by atoms with Crippen molar-refractivity contribution < 1.29 is 99.4 Å². The Morgan fingerprint density at radius 3 is 0.938 bits per heavy atom. The molecule has 0 heterocycles. The molecular formula is C24H45O21P3. The number of unbranched alkanes of at least 4 members (excludes halogenated alkanes) is 3. The summed E-state index contributed by atoms with van der Waals surface area (Å²) in [6.07, 6.45) is -8.41. The van der Waals surface area contributed by atoms with Crippen molar-refractivity contribution in [1.82, 2.24) is 0 Å². The molecule has 0 aromatic rings. The van der Waals surface area contributed by atoms with Gasteiger partial charge < -0.3 is 44.2 Å². The Bertz CT molecular complexity index is 1090. The zero-order valence-corrected chi connectivity index (χ0v) is 29.3. The van der Waals surface area contributed by atoms with Crippen molar-refractivity contribution in [3.8, 4) is 0 Å². The number of ether oxygens (including phenoxy) is 3. The topological polar surface area (TPSA) is 307 Å². The van der Waals surface area contributed by atoms with Gasteiger partial charge in [0.1, 0.15) is 36.6 Å². The Kier molecular flexibility index (Phi) is 20.2. The summed E-state index contributed by atoms with van der Waals surface area (Å²) < 4.78 is 86.2. The molecule has 24 heteroatoms. The van der Waals surface area contributed by atoms with Gasteiger partial charge in [-0.1, -0.05) is 40.0 Å². The van der Waals surface area contributed by atoms with Crippen LogP contribution in [0.1, 0.15) is 59.3 Å². The van der Waals surface area contributed by atoms with Gasteiger partial charge in [-0.3, -0.25) is 27.1 Å². The van der Waals surface area contributed by atoms with Gasteiger partial charge in [0.15, 0.2) is 19.8 Å². The first-order chi connectivity index (χ1) is 22.4. The van der Waals surface area contributed by atoms with Crippen LogP contribution in [-0.4, -0.2) is 124 Å². The highest BCUT2D eigenvalue weighted by Gasteiger charge is 2.60. The minimum atomic E-state index is -5.55. The van der Waals surface area contributed by atoms with Crippen LogP contribution in [0.25, 0.3) is 0 Å². The molecule has 0 aliphatic heterocycles. The molecular weight excluding hydrogens is 717 g/mol. The molecule has 0 saturated heterocycles. The van der Waals surface area contributed by atoms with Crippen molar-refractivity contribution >= 4 is 41.4 Å². The number of phosphoric acid groups is 3. The van der Waals surface area contributed by atoms with Crippen LogP contribution in [0.5, 0.6) is 0 Å². The second-order valence-electron chi connectivity index (χ2n) is 10.2. The van der Waals surface area contributed by atoms with E-state index in [1.54, 1.807) is 13.8 Å². The van der Waals surface area contributed by atoms with E-state index < -0.39 is 97.8 Å². The molecule has 1 saturated carbocycles. The maximum atomic E-state index is 13.0. The highest BCUT2D eigenvalue weighted by Crippen LogP contribution is 2.55. The molecule has 1 rings (SSSR count). The summed E-state index contributed by atoms with van der Waals surface area (Å²) in [5.74, 6) is -5.10. The van der Waals surface area contributed by atoms with Crippen molar-refractivity contribution in [2.24, 2.45) is 0 Å². The highest BCUT2D eigenvalue weighted by atomic mass is 31.2. The van der Waals surface area contributed by atoms with Gasteiger partial charge in [0.05, 0.1) is 0 Å². The molecule has 0 amide bonds. The first kappa shape index (κ1) is 44.6. The minimum Gasteiger partial charge on any atom is -0.480 e. The summed E-state index contributed by atoms with van der Waals surface area (Å²) in [6.45, 7) is 1.12. The third-order valence-corrected chi connectivity index (χ3v) is 9.08. The maximum absolute atomic E-state index is 13.0. The van der Waals surface area contributed by atoms with Gasteiger partial charge in [-0.2, -0.15) is 0 Å². The van der Waals surface area contributed by atoms with Crippen LogP contribution in [-0.2, 0) is 69.4 Å². The van der Waals surface area contributed by atoms with Crippen LogP contribution >= 0.6 is 23.5 Å².